The minimum atomic E-state index is 0.811. The van der Waals surface area contributed by atoms with E-state index < -0.39 is 0 Å². The van der Waals surface area contributed by atoms with Gasteiger partial charge in [0.1, 0.15) is 5.82 Å². The molecule has 0 spiro atoms. The standard InChI is InChI=1S/C14H19N5S/c1-2-14(16-19-5-4-15-13(1)19)18-8-6-17(7-9-18)12-3-10-20-11-12/h1-2,4-5,12H,3,6-11H2. The van der Waals surface area contributed by atoms with Crippen molar-refractivity contribution in [2.45, 2.75) is 12.5 Å². The van der Waals surface area contributed by atoms with E-state index in [9.17, 15) is 0 Å². The van der Waals surface area contributed by atoms with Crippen LogP contribution < -0.4 is 4.90 Å². The number of hydrogen-bond acceptors (Lipinski definition) is 5. The highest BCUT2D eigenvalue weighted by Crippen LogP contribution is 2.24. The molecule has 5 nitrogen and oxygen atoms in total. The third-order valence-electron chi connectivity index (χ3n) is 4.30. The Kier molecular flexibility index (Phi) is 3.28. The monoisotopic (exact) mass is 289 g/mol. The van der Waals surface area contributed by atoms with Crippen molar-refractivity contribution in [3.05, 3.63) is 24.5 Å². The van der Waals surface area contributed by atoms with Crippen LogP contribution in [0.5, 0.6) is 0 Å². The Morgan fingerprint density at radius 1 is 1.15 bits per heavy atom. The van der Waals surface area contributed by atoms with Gasteiger partial charge in [0.15, 0.2) is 5.65 Å². The molecular formula is C14H19N5S. The van der Waals surface area contributed by atoms with E-state index in [1.54, 1.807) is 6.20 Å². The van der Waals surface area contributed by atoms with Crippen molar-refractivity contribution in [2.75, 3.05) is 42.6 Å². The molecule has 20 heavy (non-hydrogen) atoms. The zero-order valence-corrected chi connectivity index (χ0v) is 12.3. The van der Waals surface area contributed by atoms with Gasteiger partial charge in [0.2, 0.25) is 0 Å². The molecule has 0 aliphatic carbocycles. The fourth-order valence-corrected chi connectivity index (χ4v) is 4.35. The van der Waals surface area contributed by atoms with E-state index in [1.165, 1.54) is 17.9 Å². The predicted octanol–water partition coefficient (Wildman–Crippen LogP) is 1.36. The number of fused-ring (bicyclic) bond motifs is 1. The van der Waals surface area contributed by atoms with Crippen LogP contribution in [0.2, 0.25) is 0 Å². The molecule has 2 fully saturated rings. The SMILES string of the molecule is c1cn2nc(N3CCN(C4CCSC4)CC3)ccc2n1. The second-order valence-electron chi connectivity index (χ2n) is 5.46. The quantitative estimate of drug-likeness (QED) is 0.834. The van der Waals surface area contributed by atoms with Gasteiger partial charge in [-0.3, -0.25) is 4.90 Å². The van der Waals surface area contributed by atoms with Crippen LogP contribution in [0.25, 0.3) is 5.65 Å². The number of anilines is 1. The summed E-state index contributed by atoms with van der Waals surface area (Å²) in [4.78, 5) is 9.29. The third kappa shape index (κ3) is 2.27. The molecule has 4 heterocycles. The summed E-state index contributed by atoms with van der Waals surface area (Å²) in [6.07, 6.45) is 5.07. The van der Waals surface area contributed by atoms with Gasteiger partial charge in [-0.15, -0.1) is 5.10 Å². The summed E-state index contributed by atoms with van der Waals surface area (Å²) < 4.78 is 1.86. The first-order valence-electron chi connectivity index (χ1n) is 7.27. The Morgan fingerprint density at radius 2 is 2.05 bits per heavy atom. The molecule has 4 rings (SSSR count). The van der Waals surface area contributed by atoms with Gasteiger partial charge in [-0.05, 0) is 24.3 Å². The normalized spacial score (nSPS) is 24.6. The Morgan fingerprint density at radius 3 is 2.85 bits per heavy atom. The van der Waals surface area contributed by atoms with Crippen LogP contribution >= 0.6 is 11.8 Å². The maximum atomic E-state index is 4.64. The Balaban J connectivity index is 1.45. The fourth-order valence-electron chi connectivity index (χ4n) is 3.10. The minimum Gasteiger partial charge on any atom is -0.353 e. The molecule has 106 valence electrons. The van der Waals surface area contributed by atoms with Gasteiger partial charge >= 0.3 is 0 Å². The lowest BCUT2D eigenvalue weighted by Gasteiger charge is -2.38. The smallest absolute Gasteiger partial charge is 0.153 e. The Bertz CT molecular complexity index is 584. The van der Waals surface area contributed by atoms with Crippen molar-refractivity contribution in [3.63, 3.8) is 0 Å². The van der Waals surface area contributed by atoms with E-state index in [-0.39, 0.29) is 0 Å². The Labute approximate surface area is 123 Å². The van der Waals surface area contributed by atoms with Crippen LogP contribution in [-0.4, -0.2) is 63.2 Å². The number of piperazine rings is 1. The maximum Gasteiger partial charge on any atom is 0.153 e. The predicted molar refractivity (Wildman–Crippen MR) is 82.5 cm³/mol. The molecule has 0 aromatic carbocycles. The first kappa shape index (κ1) is 12.5. The lowest BCUT2D eigenvalue weighted by molar-refractivity contribution is 0.200. The largest absolute Gasteiger partial charge is 0.353 e. The van der Waals surface area contributed by atoms with Gasteiger partial charge < -0.3 is 4.90 Å². The molecule has 6 heteroatoms. The van der Waals surface area contributed by atoms with E-state index in [1.807, 2.05) is 16.8 Å². The number of rotatable bonds is 2. The summed E-state index contributed by atoms with van der Waals surface area (Å²) in [6, 6.07) is 4.94. The summed E-state index contributed by atoms with van der Waals surface area (Å²) in [7, 11) is 0. The molecule has 1 unspecified atom stereocenters. The molecule has 2 aliphatic rings. The molecule has 0 amide bonds. The second kappa shape index (κ2) is 5.26. The van der Waals surface area contributed by atoms with Crippen LogP contribution in [0.3, 0.4) is 0 Å². The number of aromatic nitrogens is 3. The molecule has 2 saturated heterocycles. The summed E-state index contributed by atoms with van der Waals surface area (Å²) in [5.41, 5.74) is 0.912. The molecule has 0 N–H and O–H groups in total. The highest BCUT2D eigenvalue weighted by atomic mass is 32.2. The summed E-state index contributed by atoms with van der Waals surface area (Å²) >= 11 is 2.10. The first-order chi connectivity index (χ1) is 9.90. The van der Waals surface area contributed by atoms with Gasteiger partial charge in [0.25, 0.3) is 0 Å². The van der Waals surface area contributed by atoms with Crippen LogP contribution in [0.1, 0.15) is 6.42 Å². The number of hydrogen-bond donors (Lipinski definition) is 0. The van der Waals surface area contributed by atoms with Crippen molar-refractivity contribution in [2.24, 2.45) is 0 Å². The topological polar surface area (TPSA) is 36.7 Å². The Hall–Kier alpha value is -1.27. The number of nitrogens with zero attached hydrogens (tertiary/aromatic N) is 5. The van der Waals surface area contributed by atoms with Gasteiger partial charge in [0.05, 0.1) is 0 Å². The zero-order chi connectivity index (χ0) is 13.4. The van der Waals surface area contributed by atoms with E-state index >= 15 is 0 Å². The van der Waals surface area contributed by atoms with Gasteiger partial charge in [-0.25, -0.2) is 9.50 Å². The highest BCUT2D eigenvalue weighted by molar-refractivity contribution is 7.99. The average molecular weight is 289 g/mol. The van der Waals surface area contributed by atoms with Gasteiger partial charge in [-0.1, -0.05) is 0 Å². The van der Waals surface area contributed by atoms with Crippen molar-refractivity contribution in [3.8, 4) is 0 Å². The zero-order valence-electron chi connectivity index (χ0n) is 11.5. The lowest BCUT2D eigenvalue weighted by Crippen LogP contribution is -2.50. The van der Waals surface area contributed by atoms with E-state index in [0.29, 0.717) is 0 Å². The fraction of sp³-hybridized carbons (Fsp3) is 0.571. The highest BCUT2D eigenvalue weighted by Gasteiger charge is 2.26. The van der Waals surface area contributed by atoms with Crippen LogP contribution in [0.15, 0.2) is 24.5 Å². The van der Waals surface area contributed by atoms with Gasteiger partial charge in [0, 0.05) is 50.4 Å². The van der Waals surface area contributed by atoms with Gasteiger partial charge in [-0.2, -0.15) is 11.8 Å². The van der Waals surface area contributed by atoms with Crippen LogP contribution in [-0.2, 0) is 0 Å². The van der Waals surface area contributed by atoms with Crippen molar-refractivity contribution < 1.29 is 0 Å². The lowest BCUT2D eigenvalue weighted by atomic mass is 10.2. The summed E-state index contributed by atoms with van der Waals surface area (Å²) in [5.74, 6) is 3.72. The van der Waals surface area contributed by atoms with Crippen LogP contribution in [0, 0.1) is 0 Å². The number of thioether (sulfide) groups is 1. The minimum absolute atomic E-state index is 0.811. The molecule has 1 atom stereocenters. The molecule has 0 saturated carbocycles. The van der Waals surface area contributed by atoms with E-state index in [4.69, 9.17) is 0 Å². The molecule has 0 bridgehead atoms. The third-order valence-corrected chi connectivity index (χ3v) is 5.45. The van der Waals surface area contributed by atoms with Crippen molar-refractivity contribution in [1.82, 2.24) is 19.5 Å². The van der Waals surface area contributed by atoms with Crippen LogP contribution in [0.4, 0.5) is 5.82 Å². The van der Waals surface area contributed by atoms with E-state index in [0.717, 1.165) is 43.7 Å². The maximum absolute atomic E-state index is 4.64. The summed E-state index contributed by atoms with van der Waals surface area (Å²) in [5, 5.41) is 4.64. The molecule has 2 aromatic heterocycles. The second-order valence-corrected chi connectivity index (χ2v) is 6.61. The molecule has 0 radical (unpaired) electrons. The molecular weight excluding hydrogens is 270 g/mol. The number of imidazole rings is 1. The molecule has 2 aromatic rings. The molecule has 2 aliphatic heterocycles. The van der Waals surface area contributed by atoms with E-state index in [2.05, 4.69) is 37.7 Å². The van der Waals surface area contributed by atoms with Crippen molar-refractivity contribution in [1.29, 1.82) is 0 Å². The summed E-state index contributed by atoms with van der Waals surface area (Å²) in [6.45, 7) is 4.48. The average Bonchev–Trinajstić information content (AvgIpc) is 3.18. The first-order valence-corrected chi connectivity index (χ1v) is 8.43. The van der Waals surface area contributed by atoms with Crippen molar-refractivity contribution >= 4 is 23.2 Å².